The molecule has 1 radical (unpaired) electrons. The van der Waals surface area contributed by atoms with Gasteiger partial charge in [0.25, 0.3) is 0 Å². The van der Waals surface area contributed by atoms with Crippen LogP contribution in [0, 0.1) is 12.2 Å². The van der Waals surface area contributed by atoms with Gasteiger partial charge in [-0.1, -0.05) is 24.6 Å². The molecule has 3 heteroatoms. The molecule has 1 atom stereocenters. The van der Waals surface area contributed by atoms with Crippen molar-refractivity contribution in [3.63, 3.8) is 0 Å². The number of hydrogen-bond acceptors (Lipinski definition) is 1. The van der Waals surface area contributed by atoms with E-state index < -0.39 is 5.82 Å². The molecule has 0 fully saturated rings. The normalized spacial score (nSPS) is 12.9. The minimum Gasteiger partial charge on any atom is -0.393 e. The molecule has 0 aliphatic heterocycles. The fourth-order valence-electron chi connectivity index (χ4n) is 1.08. The summed E-state index contributed by atoms with van der Waals surface area (Å²) >= 11 is 5.61. The van der Waals surface area contributed by atoms with Crippen LogP contribution in [0.3, 0.4) is 0 Å². The molecule has 1 aromatic carbocycles. The van der Waals surface area contributed by atoms with Gasteiger partial charge in [-0.3, -0.25) is 0 Å². The van der Waals surface area contributed by atoms with Crippen molar-refractivity contribution in [3.8, 4) is 0 Å². The maximum absolute atomic E-state index is 12.8. The summed E-state index contributed by atoms with van der Waals surface area (Å²) in [6.07, 6.45) is 2.79. The van der Waals surface area contributed by atoms with Crippen LogP contribution in [0.15, 0.2) is 18.2 Å². The summed E-state index contributed by atoms with van der Waals surface area (Å²) in [5.41, 5.74) is 0.837. The standard InChI is InChI=1S/C11H13ClFO/c1-2-9(14)5-3-8-4-6-11(13)10(12)7-8/h3-4,6-7,9,14H,2,5H2,1H3. The predicted molar refractivity (Wildman–Crippen MR) is 55.7 cm³/mol. The molecule has 14 heavy (non-hydrogen) atoms. The van der Waals surface area contributed by atoms with E-state index in [1.54, 1.807) is 12.1 Å². The largest absolute Gasteiger partial charge is 0.393 e. The molecule has 0 amide bonds. The number of benzene rings is 1. The van der Waals surface area contributed by atoms with Gasteiger partial charge in [0, 0.05) is 0 Å². The molecule has 1 rings (SSSR count). The van der Waals surface area contributed by atoms with Gasteiger partial charge >= 0.3 is 0 Å². The van der Waals surface area contributed by atoms with E-state index in [4.69, 9.17) is 11.6 Å². The lowest BCUT2D eigenvalue weighted by Crippen LogP contribution is -2.04. The molecule has 0 saturated carbocycles. The Bertz CT molecular complexity index is 301. The second kappa shape index (κ2) is 5.32. The fraction of sp³-hybridized carbons (Fsp3) is 0.364. The Hall–Kier alpha value is -0.600. The molecule has 0 bridgehead atoms. The molecule has 1 aromatic rings. The first-order valence-electron chi connectivity index (χ1n) is 4.59. The van der Waals surface area contributed by atoms with Crippen LogP contribution < -0.4 is 0 Å². The highest BCUT2D eigenvalue weighted by atomic mass is 35.5. The third-order valence-corrected chi connectivity index (χ3v) is 2.33. The molecule has 0 aliphatic carbocycles. The molecule has 1 unspecified atom stereocenters. The SMILES string of the molecule is CCC(O)C[CH]c1ccc(F)c(Cl)c1. The Morgan fingerprint density at radius 1 is 1.57 bits per heavy atom. The van der Waals surface area contributed by atoms with Crippen molar-refractivity contribution in [2.24, 2.45) is 0 Å². The van der Waals surface area contributed by atoms with Gasteiger partial charge < -0.3 is 5.11 Å². The zero-order chi connectivity index (χ0) is 10.6. The monoisotopic (exact) mass is 215 g/mol. The van der Waals surface area contributed by atoms with Crippen LogP contribution in [0.4, 0.5) is 4.39 Å². The average Bonchev–Trinajstić information content (AvgIpc) is 2.19. The van der Waals surface area contributed by atoms with Gasteiger partial charge in [0.05, 0.1) is 11.1 Å². The van der Waals surface area contributed by atoms with Crippen LogP contribution >= 0.6 is 11.6 Å². The minimum atomic E-state index is -0.417. The second-order valence-electron chi connectivity index (χ2n) is 3.18. The van der Waals surface area contributed by atoms with Crippen molar-refractivity contribution in [3.05, 3.63) is 41.0 Å². The first kappa shape index (κ1) is 11.5. The van der Waals surface area contributed by atoms with E-state index in [2.05, 4.69) is 0 Å². The van der Waals surface area contributed by atoms with Gasteiger partial charge in [0.15, 0.2) is 0 Å². The fourth-order valence-corrected chi connectivity index (χ4v) is 1.27. The Labute approximate surface area is 88.5 Å². The Morgan fingerprint density at radius 2 is 2.29 bits per heavy atom. The smallest absolute Gasteiger partial charge is 0.141 e. The van der Waals surface area contributed by atoms with Crippen molar-refractivity contribution < 1.29 is 9.50 Å². The first-order valence-corrected chi connectivity index (χ1v) is 4.97. The molecule has 0 saturated heterocycles. The first-order chi connectivity index (χ1) is 6.63. The maximum atomic E-state index is 12.8. The van der Waals surface area contributed by atoms with Gasteiger partial charge in [0.2, 0.25) is 0 Å². The van der Waals surface area contributed by atoms with Crippen LogP contribution in [-0.2, 0) is 0 Å². The highest BCUT2D eigenvalue weighted by molar-refractivity contribution is 6.30. The topological polar surface area (TPSA) is 20.2 Å². The summed E-state index contributed by atoms with van der Waals surface area (Å²) in [4.78, 5) is 0. The van der Waals surface area contributed by atoms with E-state index in [1.807, 2.05) is 13.3 Å². The summed E-state index contributed by atoms with van der Waals surface area (Å²) in [5.74, 6) is -0.417. The van der Waals surface area contributed by atoms with E-state index in [-0.39, 0.29) is 11.1 Å². The zero-order valence-electron chi connectivity index (χ0n) is 8.00. The van der Waals surface area contributed by atoms with Gasteiger partial charge in [-0.2, -0.15) is 0 Å². The van der Waals surface area contributed by atoms with Crippen LogP contribution in [0.2, 0.25) is 5.02 Å². The molecule has 77 valence electrons. The summed E-state index contributed by atoms with van der Waals surface area (Å²) in [7, 11) is 0. The van der Waals surface area contributed by atoms with Crippen molar-refractivity contribution >= 4 is 11.6 Å². The zero-order valence-corrected chi connectivity index (χ0v) is 8.76. The van der Waals surface area contributed by atoms with Gasteiger partial charge in [-0.05, 0) is 37.0 Å². The molecular formula is C11H13ClFO. The van der Waals surface area contributed by atoms with Gasteiger partial charge in [-0.15, -0.1) is 0 Å². The highest BCUT2D eigenvalue weighted by Gasteiger charge is 2.04. The van der Waals surface area contributed by atoms with Crippen molar-refractivity contribution in [1.29, 1.82) is 0 Å². The Morgan fingerprint density at radius 3 is 2.86 bits per heavy atom. The molecule has 0 aromatic heterocycles. The summed E-state index contributed by atoms with van der Waals surface area (Å²) in [6.45, 7) is 1.91. The molecule has 1 nitrogen and oxygen atoms in total. The predicted octanol–water partition coefficient (Wildman–Crippen LogP) is 3.19. The average molecular weight is 216 g/mol. The molecule has 1 N–H and O–H groups in total. The molecule has 0 heterocycles. The highest BCUT2D eigenvalue weighted by Crippen LogP contribution is 2.18. The third kappa shape index (κ3) is 3.28. The summed E-state index contributed by atoms with van der Waals surface area (Å²) < 4.78 is 12.8. The lowest BCUT2D eigenvalue weighted by molar-refractivity contribution is 0.170. The lowest BCUT2D eigenvalue weighted by atomic mass is 10.1. The third-order valence-electron chi connectivity index (χ3n) is 2.04. The molecule has 0 aliphatic rings. The van der Waals surface area contributed by atoms with Gasteiger partial charge in [0.1, 0.15) is 5.82 Å². The number of hydrogen-bond donors (Lipinski definition) is 1. The number of aliphatic hydroxyl groups is 1. The van der Waals surface area contributed by atoms with Crippen molar-refractivity contribution in [2.75, 3.05) is 0 Å². The number of aliphatic hydroxyl groups excluding tert-OH is 1. The molecule has 0 spiro atoms. The molecular weight excluding hydrogens is 203 g/mol. The second-order valence-corrected chi connectivity index (χ2v) is 3.58. The maximum Gasteiger partial charge on any atom is 0.141 e. The van der Waals surface area contributed by atoms with E-state index >= 15 is 0 Å². The quantitative estimate of drug-likeness (QED) is 0.818. The van der Waals surface area contributed by atoms with E-state index in [1.165, 1.54) is 6.07 Å². The van der Waals surface area contributed by atoms with E-state index in [9.17, 15) is 9.50 Å². The van der Waals surface area contributed by atoms with Crippen molar-refractivity contribution in [2.45, 2.75) is 25.9 Å². The number of rotatable bonds is 4. The Balaban J connectivity index is 2.55. The van der Waals surface area contributed by atoms with Crippen LogP contribution in [0.1, 0.15) is 25.3 Å². The lowest BCUT2D eigenvalue weighted by Gasteiger charge is -2.07. The van der Waals surface area contributed by atoms with Crippen molar-refractivity contribution in [1.82, 2.24) is 0 Å². The summed E-state index contributed by atoms with van der Waals surface area (Å²) in [6, 6.07) is 4.52. The van der Waals surface area contributed by atoms with Crippen LogP contribution in [-0.4, -0.2) is 11.2 Å². The minimum absolute atomic E-state index is 0.115. The van der Waals surface area contributed by atoms with Crippen LogP contribution in [0.25, 0.3) is 0 Å². The number of halogens is 2. The summed E-state index contributed by atoms with van der Waals surface area (Å²) in [5, 5.41) is 9.42. The van der Waals surface area contributed by atoms with E-state index in [0.29, 0.717) is 12.8 Å². The van der Waals surface area contributed by atoms with E-state index in [0.717, 1.165) is 5.56 Å². The Kier molecular flexibility index (Phi) is 4.36. The van der Waals surface area contributed by atoms with Crippen LogP contribution in [0.5, 0.6) is 0 Å². The van der Waals surface area contributed by atoms with Gasteiger partial charge in [-0.25, -0.2) is 4.39 Å².